The summed E-state index contributed by atoms with van der Waals surface area (Å²) in [5, 5.41) is 3.69. The van der Waals surface area contributed by atoms with Crippen LogP contribution in [0.15, 0.2) is 53.4 Å². The molecule has 0 heterocycles. The molecule has 0 spiro atoms. The minimum absolute atomic E-state index is 0.411. The van der Waals surface area contributed by atoms with Gasteiger partial charge in [-0.2, -0.15) is 0 Å². The summed E-state index contributed by atoms with van der Waals surface area (Å²) >= 11 is 1.92. The fourth-order valence-electron chi connectivity index (χ4n) is 2.50. The second-order valence-electron chi connectivity index (χ2n) is 5.55. The van der Waals surface area contributed by atoms with Gasteiger partial charge >= 0.3 is 0 Å². The fraction of sp³-hybridized carbons (Fsp3) is 0.368. The highest BCUT2D eigenvalue weighted by Gasteiger charge is 2.12. The Morgan fingerprint density at radius 3 is 2.29 bits per heavy atom. The zero-order chi connectivity index (χ0) is 15.1. The van der Waals surface area contributed by atoms with E-state index in [9.17, 15) is 0 Å². The van der Waals surface area contributed by atoms with Gasteiger partial charge in [-0.15, -0.1) is 11.8 Å². The molecule has 1 N–H and O–H groups in total. The summed E-state index contributed by atoms with van der Waals surface area (Å²) in [6, 6.07) is 17.9. The van der Waals surface area contributed by atoms with Crippen molar-refractivity contribution < 1.29 is 0 Å². The van der Waals surface area contributed by atoms with E-state index in [0.29, 0.717) is 6.04 Å². The lowest BCUT2D eigenvalue weighted by Crippen LogP contribution is -2.24. The highest BCUT2D eigenvalue weighted by atomic mass is 32.2. The van der Waals surface area contributed by atoms with Crippen molar-refractivity contribution in [3.8, 4) is 0 Å². The molecule has 1 nitrogen and oxygen atoms in total. The number of nitrogens with one attached hydrogen (secondary N) is 1. The lowest BCUT2D eigenvalue weighted by Gasteiger charge is -2.20. The van der Waals surface area contributed by atoms with E-state index in [2.05, 4.69) is 74.6 Å². The van der Waals surface area contributed by atoms with Crippen molar-refractivity contribution in [3.63, 3.8) is 0 Å². The molecule has 0 aromatic heterocycles. The maximum absolute atomic E-state index is 3.69. The normalized spacial score (nSPS) is 12.3. The number of thioether (sulfide) groups is 1. The van der Waals surface area contributed by atoms with E-state index in [1.807, 2.05) is 11.8 Å². The third kappa shape index (κ3) is 5.22. The van der Waals surface area contributed by atoms with E-state index < -0.39 is 0 Å². The van der Waals surface area contributed by atoms with Gasteiger partial charge in [0.25, 0.3) is 0 Å². The Hall–Kier alpha value is -1.25. The molecule has 0 saturated heterocycles. The molecule has 0 aliphatic rings. The van der Waals surface area contributed by atoms with Crippen molar-refractivity contribution in [2.45, 2.75) is 38.1 Å². The van der Waals surface area contributed by atoms with Crippen LogP contribution in [0.5, 0.6) is 0 Å². The monoisotopic (exact) mass is 299 g/mol. The lowest BCUT2D eigenvalue weighted by molar-refractivity contribution is 0.577. The molecule has 0 radical (unpaired) electrons. The van der Waals surface area contributed by atoms with E-state index in [0.717, 1.165) is 18.7 Å². The maximum atomic E-state index is 3.69. The first-order chi connectivity index (χ1) is 10.2. The average Bonchev–Trinajstić information content (AvgIpc) is 2.47. The Bertz CT molecular complexity index is 530. The third-order valence-corrected chi connectivity index (χ3v) is 4.55. The van der Waals surface area contributed by atoms with Crippen molar-refractivity contribution in [2.75, 3.05) is 12.3 Å². The second-order valence-corrected chi connectivity index (χ2v) is 6.65. The van der Waals surface area contributed by atoms with Crippen molar-refractivity contribution >= 4 is 11.8 Å². The number of rotatable bonds is 7. The molecule has 2 rings (SSSR count). The van der Waals surface area contributed by atoms with E-state index in [1.165, 1.54) is 21.6 Å². The minimum Gasteiger partial charge on any atom is -0.309 e. The van der Waals surface area contributed by atoms with Crippen molar-refractivity contribution in [1.29, 1.82) is 0 Å². The molecule has 2 aromatic carbocycles. The first kappa shape index (κ1) is 16.1. The van der Waals surface area contributed by atoms with E-state index in [4.69, 9.17) is 0 Å². The Morgan fingerprint density at radius 1 is 1.00 bits per heavy atom. The fourth-order valence-corrected chi connectivity index (χ4v) is 3.52. The average molecular weight is 299 g/mol. The standard InChI is InChI=1S/C19H25NS/c1-4-10-20-19(14-21-18-8-6-5-7-9-18)17-12-15(2)11-16(3)13-17/h5-9,11-13,19-20H,4,10,14H2,1-3H3. The van der Waals surface area contributed by atoms with E-state index in [-0.39, 0.29) is 0 Å². The van der Waals surface area contributed by atoms with Crippen LogP contribution in [-0.2, 0) is 0 Å². The summed E-state index contributed by atoms with van der Waals surface area (Å²) in [7, 11) is 0. The van der Waals surface area contributed by atoms with Crippen LogP contribution in [0, 0.1) is 13.8 Å². The minimum atomic E-state index is 0.411. The van der Waals surface area contributed by atoms with Crippen LogP contribution < -0.4 is 5.32 Å². The van der Waals surface area contributed by atoms with Gasteiger partial charge in [0.05, 0.1) is 0 Å². The SMILES string of the molecule is CCCNC(CSc1ccccc1)c1cc(C)cc(C)c1. The maximum Gasteiger partial charge on any atom is 0.0415 e. The number of hydrogen-bond acceptors (Lipinski definition) is 2. The Balaban J connectivity index is 2.10. The van der Waals surface area contributed by atoms with Crippen molar-refractivity contribution in [1.82, 2.24) is 5.32 Å². The van der Waals surface area contributed by atoms with Gasteiger partial charge < -0.3 is 5.32 Å². The highest BCUT2D eigenvalue weighted by Crippen LogP contribution is 2.26. The largest absolute Gasteiger partial charge is 0.309 e. The molecule has 0 aliphatic heterocycles. The molecule has 1 unspecified atom stereocenters. The van der Waals surface area contributed by atoms with Gasteiger partial charge in [-0.1, -0.05) is 54.4 Å². The summed E-state index contributed by atoms with van der Waals surface area (Å²) in [5.41, 5.74) is 4.10. The van der Waals surface area contributed by atoms with Gasteiger partial charge in [-0.25, -0.2) is 0 Å². The van der Waals surface area contributed by atoms with Gasteiger partial charge in [0.15, 0.2) is 0 Å². The van der Waals surface area contributed by atoms with E-state index in [1.54, 1.807) is 0 Å². The number of hydrogen-bond donors (Lipinski definition) is 1. The number of benzene rings is 2. The zero-order valence-electron chi connectivity index (χ0n) is 13.2. The van der Waals surface area contributed by atoms with Crippen LogP contribution in [0.1, 0.15) is 36.1 Å². The molecular formula is C19H25NS. The molecule has 1 atom stereocenters. The molecule has 0 saturated carbocycles. The van der Waals surface area contributed by atoms with Crippen LogP contribution in [0.4, 0.5) is 0 Å². The first-order valence-electron chi connectivity index (χ1n) is 7.68. The summed E-state index contributed by atoms with van der Waals surface area (Å²) in [4.78, 5) is 1.34. The second kappa shape index (κ2) is 8.26. The van der Waals surface area contributed by atoms with Crippen LogP contribution >= 0.6 is 11.8 Å². The molecular weight excluding hydrogens is 274 g/mol. The Kier molecular flexibility index (Phi) is 6.34. The summed E-state index contributed by atoms with van der Waals surface area (Å²) < 4.78 is 0. The van der Waals surface area contributed by atoms with Crippen LogP contribution in [0.25, 0.3) is 0 Å². The molecule has 21 heavy (non-hydrogen) atoms. The molecule has 0 amide bonds. The molecule has 0 bridgehead atoms. The molecule has 0 fully saturated rings. The third-order valence-electron chi connectivity index (χ3n) is 3.45. The topological polar surface area (TPSA) is 12.0 Å². The van der Waals surface area contributed by atoms with Crippen molar-refractivity contribution in [3.05, 3.63) is 65.2 Å². The zero-order valence-corrected chi connectivity index (χ0v) is 14.0. The van der Waals surface area contributed by atoms with Crippen molar-refractivity contribution in [2.24, 2.45) is 0 Å². The Morgan fingerprint density at radius 2 is 1.67 bits per heavy atom. The van der Waals surface area contributed by atoms with Crippen LogP contribution in [0.3, 0.4) is 0 Å². The highest BCUT2D eigenvalue weighted by molar-refractivity contribution is 7.99. The van der Waals surface area contributed by atoms with Crippen LogP contribution in [0.2, 0.25) is 0 Å². The van der Waals surface area contributed by atoms with Gasteiger partial charge in [0.2, 0.25) is 0 Å². The molecule has 0 aliphatic carbocycles. The molecule has 2 heteroatoms. The van der Waals surface area contributed by atoms with Gasteiger partial charge in [0.1, 0.15) is 0 Å². The predicted molar refractivity (Wildman–Crippen MR) is 94.1 cm³/mol. The summed E-state index contributed by atoms with van der Waals surface area (Å²) in [5.74, 6) is 1.06. The number of aryl methyl sites for hydroxylation is 2. The lowest BCUT2D eigenvalue weighted by atomic mass is 10.0. The van der Waals surface area contributed by atoms with Gasteiger partial charge in [-0.3, -0.25) is 0 Å². The molecule has 2 aromatic rings. The van der Waals surface area contributed by atoms with Gasteiger partial charge in [-0.05, 0) is 44.5 Å². The van der Waals surface area contributed by atoms with Crippen LogP contribution in [-0.4, -0.2) is 12.3 Å². The van der Waals surface area contributed by atoms with E-state index >= 15 is 0 Å². The molecule has 112 valence electrons. The smallest absolute Gasteiger partial charge is 0.0415 e. The quantitative estimate of drug-likeness (QED) is 0.711. The van der Waals surface area contributed by atoms with Gasteiger partial charge in [0, 0.05) is 16.7 Å². The first-order valence-corrected chi connectivity index (χ1v) is 8.67. The predicted octanol–water partition coefficient (Wildman–Crippen LogP) is 5.14. The summed E-state index contributed by atoms with van der Waals surface area (Å²) in [6.07, 6.45) is 1.16. The Labute approximate surface area is 133 Å². The summed E-state index contributed by atoms with van der Waals surface area (Å²) in [6.45, 7) is 7.64.